The summed E-state index contributed by atoms with van der Waals surface area (Å²) >= 11 is 0. The Balaban J connectivity index is 1.51. The summed E-state index contributed by atoms with van der Waals surface area (Å²) in [6.45, 7) is 3.32. The van der Waals surface area contributed by atoms with Crippen molar-refractivity contribution in [1.82, 2.24) is 24.9 Å². The number of aromatic nitrogens is 4. The second-order valence-electron chi connectivity index (χ2n) is 7.02. The van der Waals surface area contributed by atoms with Crippen LogP contribution in [0.15, 0.2) is 30.6 Å². The van der Waals surface area contributed by atoms with Crippen LogP contribution in [0, 0.1) is 5.92 Å². The molecular weight excluding hydrogens is 368 g/mol. The molecule has 146 valence electrons. The van der Waals surface area contributed by atoms with Crippen molar-refractivity contribution in [2.75, 3.05) is 5.32 Å². The van der Waals surface area contributed by atoms with Crippen molar-refractivity contribution in [2.45, 2.75) is 50.8 Å². The number of carbonyl (C=O) groups is 1. The number of nitrogens with zero attached hydrogens (tertiary/aromatic N) is 4. The molecule has 0 saturated heterocycles. The Labute approximate surface area is 158 Å². The quantitative estimate of drug-likeness (QED) is 0.769. The van der Waals surface area contributed by atoms with E-state index in [1.807, 2.05) is 0 Å². The SMILES string of the molecule is CC(C)S(=O)(=O)NC1CCC(C(=O)Nc2ccc(-n3ncnn3)cc2)CC1. The monoisotopic (exact) mass is 392 g/mol. The molecule has 0 bridgehead atoms. The predicted molar refractivity (Wildman–Crippen MR) is 101 cm³/mol. The number of carbonyl (C=O) groups excluding carboxylic acids is 1. The molecule has 0 atom stereocenters. The summed E-state index contributed by atoms with van der Waals surface area (Å²) in [5, 5.41) is 13.9. The van der Waals surface area contributed by atoms with Gasteiger partial charge in [0.1, 0.15) is 0 Å². The van der Waals surface area contributed by atoms with E-state index in [0.29, 0.717) is 31.4 Å². The smallest absolute Gasteiger partial charge is 0.227 e. The molecule has 0 radical (unpaired) electrons. The van der Waals surface area contributed by atoms with Gasteiger partial charge in [0.15, 0.2) is 6.33 Å². The van der Waals surface area contributed by atoms with Gasteiger partial charge in [-0.15, -0.1) is 15.0 Å². The topological polar surface area (TPSA) is 119 Å². The predicted octanol–water partition coefficient (Wildman–Crippen LogP) is 1.49. The van der Waals surface area contributed by atoms with Gasteiger partial charge in [-0.3, -0.25) is 4.79 Å². The maximum atomic E-state index is 12.5. The van der Waals surface area contributed by atoms with Gasteiger partial charge in [-0.25, -0.2) is 13.1 Å². The third-order valence-corrected chi connectivity index (χ3v) is 6.67. The van der Waals surface area contributed by atoms with Crippen molar-refractivity contribution in [3.63, 3.8) is 0 Å². The highest BCUT2D eigenvalue weighted by molar-refractivity contribution is 7.90. The zero-order valence-corrected chi connectivity index (χ0v) is 16.2. The zero-order valence-electron chi connectivity index (χ0n) is 15.4. The maximum Gasteiger partial charge on any atom is 0.227 e. The summed E-state index contributed by atoms with van der Waals surface area (Å²) in [5.41, 5.74) is 1.45. The molecule has 1 aliphatic rings. The lowest BCUT2D eigenvalue weighted by atomic mass is 9.86. The lowest BCUT2D eigenvalue weighted by molar-refractivity contribution is -0.120. The van der Waals surface area contributed by atoms with E-state index < -0.39 is 15.3 Å². The molecule has 1 amide bonds. The second-order valence-corrected chi connectivity index (χ2v) is 9.29. The average Bonchev–Trinajstić information content (AvgIpc) is 3.17. The number of anilines is 1. The summed E-state index contributed by atoms with van der Waals surface area (Å²) in [6.07, 6.45) is 4.02. The van der Waals surface area contributed by atoms with E-state index in [-0.39, 0.29) is 17.9 Å². The van der Waals surface area contributed by atoms with Crippen LogP contribution in [0.3, 0.4) is 0 Å². The molecule has 27 heavy (non-hydrogen) atoms. The molecule has 10 heteroatoms. The van der Waals surface area contributed by atoms with Crippen LogP contribution in [-0.2, 0) is 14.8 Å². The van der Waals surface area contributed by atoms with Gasteiger partial charge in [0.25, 0.3) is 0 Å². The molecule has 0 unspecified atom stereocenters. The minimum absolute atomic E-state index is 0.0354. The number of hydrogen-bond donors (Lipinski definition) is 2. The summed E-state index contributed by atoms with van der Waals surface area (Å²) in [4.78, 5) is 13.9. The number of nitrogens with one attached hydrogen (secondary N) is 2. The van der Waals surface area contributed by atoms with Crippen molar-refractivity contribution in [1.29, 1.82) is 0 Å². The van der Waals surface area contributed by atoms with Crippen LogP contribution in [-0.4, -0.2) is 45.8 Å². The Bertz CT molecular complexity index is 857. The Hall–Kier alpha value is -2.33. The van der Waals surface area contributed by atoms with Crippen molar-refractivity contribution < 1.29 is 13.2 Å². The van der Waals surface area contributed by atoms with Crippen molar-refractivity contribution in [3.05, 3.63) is 30.6 Å². The van der Waals surface area contributed by atoms with Gasteiger partial charge < -0.3 is 5.32 Å². The van der Waals surface area contributed by atoms with Gasteiger partial charge in [-0.2, -0.15) is 0 Å². The number of hydrogen-bond acceptors (Lipinski definition) is 6. The summed E-state index contributed by atoms with van der Waals surface area (Å²) in [5.74, 6) is -0.145. The lowest BCUT2D eigenvalue weighted by Gasteiger charge is -2.28. The molecule has 2 aromatic rings. The molecule has 1 aromatic heterocycles. The molecular formula is C17H24N6O3S. The van der Waals surface area contributed by atoms with Crippen LogP contribution in [0.2, 0.25) is 0 Å². The van der Waals surface area contributed by atoms with Crippen molar-refractivity contribution in [3.8, 4) is 5.69 Å². The first-order valence-corrected chi connectivity index (χ1v) is 10.6. The molecule has 1 heterocycles. The van der Waals surface area contributed by atoms with E-state index in [4.69, 9.17) is 0 Å². The number of benzene rings is 1. The van der Waals surface area contributed by atoms with E-state index in [1.165, 1.54) is 11.1 Å². The fourth-order valence-corrected chi connectivity index (χ4v) is 4.02. The van der Waals surface area contributed by atoms with Crippen molar-refractivity contribution in [2.24, 2.45) is 5.92 Å². The largest absolute Gasteiger partial charge is 0.326 e. The van der Waals surface area contributed by atoms with Gasteiger partial charge in [-0.1, -0.05) is 0 Å². The minimum atomic E-state index is -3.27. The highest BCUT2D eigenvalue weighted by Gasteiger charge is 2.29. The average molecular weight is 392 g/mol. The number of rotatable bonds is 6. The van der Waals surface area contributed by atoms with E-state index in [1.54, 1.807) is 38.1 Å². The Kier molecular flexibility index (Phi) is 5.85. The van der Waals surface area contributed by atoms with Crippen LogP contribution >= 0.6 is 0 Å². The number of sulfonamides is 1. The Morgan fingerprint density at radius 1 is 1.15 bits per heavy atom. The lowest BCUT2D eigenvalue weighted by Crippen LogP contribution is -2.42. The van der Waals surface area contributed by atoms with E-state index in [2.05, 4.69) is 25.4 Å². The molecule has 9 nitrogen and oxygen atoms in total. The summed E-state index contributed by atoms with van der Waals surface area (Å²) in [6, 6.07) is 7.10. The third-order valence-electron chi connectivity index (χ3n) is 4.76. The number of tetrazole rings is 1. The summed E-state index contributed by atoms with van der Waals surface area (Å²) in [7, 11) is -3.27. The molecule has 0 spiro atoms. The highest BCUT2D eigenvalue weighted by atomic mass is 32.2. The molecule has 1 aromatic carbocycles. The van der Waals surface area contributed by atoms with E-state index in [0.717, 1.165) is 5.69 Å². The first-order chi connectivity index (χ1) is 12.8. The highest BCUT2D eigenvalue weighted by Crippen LogP contribution is 2.26. The Morgan fingerprint density at radius 3 is 2.37 bits per heavy atom. The fraction of sp³-hybridized carbons (Fsp3) is 0.529. The van der Waals surface area contributed by atoms with Crippen LogP contribution < -0.4 is 10.0 Å². The molecule has 1 saturated carbocycles. The van der Waals surface area contributed by atoms with Gasteiger partial charge in [0, 0.05) is 17.6 Å². The number of amides is 1. The standard InChI is InChI=1S/C17H24N6O3S/c1-12(2)27(25,26)21-15-5-3-13(4-6-15)17(24)20-14-7-9-16(10-8-14)23-19-11-18-22-23/h7-13,15,21H,3-6H2,1-2H3,(H,20,24). The van der Waals surface area contributed by atoms with Gasteiger partial charge in [-0.05, 0) is 69.0 Å². The normalized spacial score (nSPS) is 20.6. The minimum Gasteiger partial charge on any atom is -0.326 e. The van der Waals surface area contributed by atoms with E-state index in [9.17, 15) is 13.2 Å². The van der Waals surface area contributed by atoms with Crippen molar-refractivity contribution >= 4 is 21.6 Å². The molecule has 2 N–H and O–H groups in total. The van der Waals surface area contributed by atoms with Crippen LogP contribution in [0.5, 0.6) is 0 Å². The van der Waals surface area contributed by atoms with Crippen LogP contribution in [0.4, 0.5) is 5.69 Å². The third kappa shape index (κ3) is 4.89. The van der Waals surface area contributed by atoms with Crippen LogP contribution in [0.1, 0.15) is 39.5 Å². The Morgan fingerprint density at radius 2 is 1.81 bits per heavy atom. The molecule has 0 aliphatic heterocycles. The first-order valence-electron chi connectivity index (χ1n) is 9.00. The van der Waals surface area contributed by atoms with Crippen LogP contribution in [0.25, 0.3) is 5.69 Å². The molecule has 1 aliphatic carbocycles. The summed E-state index contributed by atoms with van der Waals surface area (Å²) < 4.78 is 26.7. The van der Waals surface area contributed by atoms with Gasteiger partial charge >= 0.3 is 0 Å². The van der Waals surface area contributed by atoms with Gasteiger partial charge in [0.2, 0.25) is 15.9 Å². The van der Waals surface area contributed by atoms with Gasteiger partial charge in [0.05, 0.1) is 10.9 Å². The first kappa shape index (κ1) is 19.4. The maximum absolute atomic E-state index is 12.5. The second kappa shape index (κ2) is 8.13. The molecule has 1 fully saturated rings. The zero-order chi connectivity index (χ0) is 19.4. The van der Waals surface area contributed by atoms with E-state index >= 15 is 0 Å². The molecule has 3 rings (SSSR count). The fourth-order valence-electron chi connectivity index (χ4n) is 3.05.